The van der Waals surface area contributed by atoms with Gasteiger partial charge in [0.2, 0.25) is 5.82 Å². The van der Waals surface area contributed by atoms with Gasteiger partial charge < -0.3 is 14.2 Å². The molecule has 0 bridgehead atoms. The van der Waals surface area contributed by atoms with Crippen LogP contribution < -0.4 is 4.74 Å². The average Bonchev–Trinajstić information content (AvgIpc) is 2.80. The van der Waals surface area contributed by atoms with Gasteiger partial charge in [-0.3, -0.25) is 0 Å². The second kappa shape index (κ2) is 12.7. The highest BCUT2D eigenvalue weighted by atomic mass is 19.2. The number of unbranched alkanes of at least 4 members (excludes halogenated alkanes) is 2. The molecule has 1 aliphatic carbocycles. The van der Waals surface area contributed by atoms with Crippen LogP contribution in [0.4, 0.5) is 8.78 Å². The molecule has 176 valence electrons. The molecule has 2 atom stereocenters. The van der Waals surface area contributed by atoms with E-state index in [1.54, 1.807) is 12.1 Å². The van der Waals surface area contributed by atoms with Gasteiger partial charge in [-0.2, -0.15) is 4.39 Å². The van der Waals surface area contributed by atoms with E-state index in [0.717, 1.165) is 51.7 Å². The minimum Gasteiger partial charge on any atom is -0.490 e. The molecule has 2 fully saturated rings. The standard InChI is InChI=1S/C26H40F2O3/c1-3-5-6-7-21-11-8-19(17-30-21)18-31-22-12-9-20(10-13-22)23-14-15-24(29-16-4-2)26(28)25(23)27/h14-15,19-22H,3-13,16-18H2,1-2H3. The van der Waals surface area contributed by atoms with E-state index in [1.165, 1.54) is 32.1 Å². The van der Waals surface area contributed by atoms with Crippen molar-refractivity contribution >= 4 is 0 Å². The highest BCUT2D eigenvalue weighted by Gasteiger charge is 2.28. The van der Waals surface area contributed by atoms with Crippen molar-refractivity contribution in [3.63, 3.8) is 0 Å². The Morgan fingerprint density at radius 1 is 0.935 bits per heavy atom. The molecule has 5 heteroatoms. The summed E-state index contributed by atoms with van der Waals surface area (Å²) in [6.45, 7) is 6.13. The summed E-state index contributed by atoms with van der Waals surface area (Å²) >= 11 is 0. The van der Waals surface area contributed by atoms with Crippen LogP contribution in [0.5, 0.6) is 5.75 Å². The van der Waals surface area contributed by atoms with Crippen molar-refractivity contribution in [3.05, 3.63) is 29.3 Å². The van der Waals surface area contributed by atoms with Crippen LogP contribution in [-0.2, 0) is 9.47 Å². The molecule has 1 aromatic carbocycles. The maximum absolute atomic E-state index is 14.6. The van der Waals surface area contributed by atoms with Crippen LogP contribution in [0.1, 0.15) is 96.0 Å². The fourth-order valence-corrected chi connectivity index (χ4v) is 4.84. The van der Waals surface area contributed by atoms with E-state index < -0.39 is 11.6 Å². The second-order valence-electron chi connectivity index (χ2n) is 9.33. The highest BCUT2D eigenvalue weighted by molar-refractivity contribution is 5.33. The number of ether oxygens (including phenoxy) is 3. The lowest BCUT2D eigenvalue weighted by molar-refractivity contribution is -0.0651. The van der Waals surface area contributed by atoms with E-state index in [2.05, 4.69) is 6.92 Å². The maximum atomic E-state index is 14.6. The van der Waals surface area contributed by atoms with Crippen LogP contribution in [0.25, 0.3) is 0 Å². The van der Waals surface area contributed by atoms with Gasteiger partial charge in [-0.15, -0.1) is 0 Å². The predicted molar refractivity (Wildman–Crippen MR) is 120 cm³/mol. The Morgan fingerprint density at radius 2 is 1.74 bits per heavy atom. The minimum atomic E-state index is -0.852. The molecule has 3 nitrogen and oxygen atoms in total. The van der Waals surface area contributed by atoms with Crippen molar-refractivity contribution in [3.8, 4) is 5.75 Å². The van der Waals surface area contributed by atoms with Crippen LogP contribution in [0.3, 0.4) is 0 Å². The predicted octanol–water partition coefficient (Wildman–Crippen LogP) is 7.17. The van der Waals surface area contributed by atoms with Gasteiger partial charge in [0.25, 0.3) is 0 Å². The van der Waals surface area contributed by atoms with E-state index in [-0.39, 0.29) is 17.8 Å². The van der Waals surface area contributed by atoms with Crippen molar-refractivity contribution in [2.45, 2.75) is 103 Å². The van der Waals surface area contributed by atoms with Gasteiger partial charge in [0.15, 0.2) is 11.6 Å². The lowest BCUT2D eigenvalue weighted by Gasteiger charge is -2.32. The quantitative estimate of drug-likeness (QED) is 0.343. The first-order valence-corrected chi connectivity index (χ1v) is 12.5. The molecular formula is C26H40F2O3. The van der Waals surface area contributed by atoms with Crippen molar-refractivity contribution in [2.75, 3.05) is 19.8 Å². The summed E-state index contributed by atoms with van der Waals surface area (Å²) < 4.78 is 46.4. The topological polar surface area (TPSA) is 27.7 Å². The summed E-state index contributed by atoms with van der Waals surface area (Å²) in [6.07, 6.45) is 12.2. The fourth-order valence-electron chi connectivity index (χ4n) is 4.84. The smallest absolute Gasteiger partial charge is 0.200 e. The Kier molecular flexibility index (Phi) is 10.0. The molecule has 1 saturated carbocycles. The largest absolute Gasteiger partial charge is 0.490 e. The lowest BCUT2D eigenvalue weighted by atomic mass is 9.82. The number of rotatable bonds is 11. The molecule has 1 aliphatic heterocycles. The van der Waals surface area contributed by atoms with Crippen LogP contribution in [0.2, 0.25) is 0 Å². The van der Waals surface area contributed by atoms with Gasteiger partial charge in [-0.1, -0.05) is 39.2 Å². The molecule has 3 rings (SSSR count). The third-order valence-electron chi connectivity index (χ3n) is 6.81. The summed E-state index contributed by atoms with van der Waals surface area (Å²) in [4.78, 5) is 0. The average molecular weight is 439 g/mol. The third-order valence-corrected chi connectivity index (χ3v) is 6.81. The van der Waals surface area contributed by atoms with Crippen LogP contribution in [0.15, 0.2) is 12.1 Å². The molecule has 0 radical (unpaired) electrons. The number of hydrogen-bond acceptors (Lipinski definition) is 3. The molecule has 0 spiro atoms. The van der Waals surface area contributed by atoms with Gasteiger partial charge in [0.1, 0.15) is 0 Å². The molecule has 1 aromatic rings. The Bertz CT molecular complexity index is 650. The second-order valence-corrected chi connectivity index (χ2v) is 9.33. The van der Waals surface area contributed by atoms with Gasteiger partial charge in [0.05, 0.1) is 32.0 Å². The van der Waals surface area contributed by atoms with Crippen LogP contribution in [0, 0.1) is 17.6 Å². The van der Waals surface area contributed by atoms with Crippen molar-refractivity contribution in [1.82, 2.24) is 0 Å². The van der Waals surface area contributed by atoms with Crippen molar-refractivity contribution in [1.29, 1.82) is 0 Å². The first kappa shape index (κ1) is 24.4. The molecule has 31 heavy (non-hydrogen) atoms. The van der Waals surface area contributed by atoms with Crippen molar-refractivity contribution in [2.24, 2.45) is 5.92 Å². The number of benzene rings is 1. The zero-order valence-corrected chi connectivity index (χ0v) is 19.3. The Morgan fingerprint density at radius 3 is 2.42 bits per heavy atom. The normalized spacial score (nSPS) is 26.7. The third kappa shape index (κ3) is 7.15. The number of halogens is 2. The van der Waals surface area contributed by atoms with Gasteiger partial charge >= 0.3 is 0 Å². The molecule has 2 unspecified atom stereocenters. The van der Waals surface area contributed by atoms with Gasteiger partial charge in [-0.25, -0.2) is 4.39 Å². The SMILES string of the molecule is CCCCCC1CCC(COC2CCC(c3ccc(OCCC)c(F)c3F)CC2)CO1. The molecular weight excluding hydrogens is 398 g/mol. The molecule has 1 saturated heterocycles. The summed E-state index contributed by atoms with van der Waals surface area (Å²) in [6, 6.07) is 3.27. The van der Waals surface area contributed by atoms with Crippen LogP contribution in [-0.4, -0.2) is 32.0 Å². The van der Waals surface area contributed by atoms with Crippen molar-refractivity contribution < 1.29 is 23.0 Å². The summed E-state index contributed by atoms with van der Waals surface area (Å²) in [5, 5.41) is 0. The van der Waals surface area contributed by atoms with Gasteiger partial charge in [0, 0.05) is 5.92 Å². The highest BCUT2D eigenvalue weighted by Crippen LogP contribution is 2.37. The summed E-state index contributed by atoms with van der Waals surface area (Å²) in [7, 11) is 0. The van der Waals surface area contributed by atoms with E-state index in [4.69, 9.17) is 14.2 Å². The fraction of sp³-hybridized carbons (Fsp3) is 0.769. The first-order chi connectivity index (χ1) is 15.1. The lowest BCUT2D eigenvalue weighted by Crippen LogP contribution is -2.31. The molecule has 0 amide bonds. The summed E-state index contributed by atoms with van der Waals surface area (Å²) in [5.41, 5.74) is 0.481. The van der Waals surface area contributed by atoms with E-state index in [0.29, 0.717) is 24.2 Å². The monoisotopic (exact) mass is 438 g/mol. The molecule has 0 N–H and O–H groups in total. The molecule has 0 aromatic heterocycles. The Hall–Kier alpha value is -1.20. The van der Waals surface area contributed by atoms with E-state index in [1.807, 2.05) is 6.92 Å². The first-order valence-electron chi connectivity index (χ1n) is 12.5. The minimum absolute atomic E-state index is 0.0161. The molecule has 2 aliphatic rings. The zero-order chi connectivity index (χ0) is 22.1. The van der Waals surface area contributed by atoms with Gasteiger partial charge in [-0.05, 0) is 68.9 Å². The number of hydrogen-bond donors (Lipinski definition) is 0. The van der Waals surface area contributed by atoms with E-state index in [9.17, 15) is 8.78 Å². The zero-order valence-electron chi connectivity index (χ0n) is 19.3. The van der Waals surface area contributed by atoms with E-state index >= 15 is 0 Å². The summed E-state index contributed by atoms with van der Waals surface area (Å²) in [5.74, 6) is -1.04. The maximum Gasteiger partial charge on any atom is 0.200 e. The van der Waals surface area contributed by atoms with Crippen LogP contribution >= 0.6 is 0 Å². The molecule has 1 heterocycles. The Labute approximate surface area is 186 Å². The Balaban J connectivity index is 1.38.